The van der Waals surface area contributed by atoms with E-state index >= 15 is 0 Å². The number of aryl methyl sites for hydroxylation is 2. The molecule has 2 amide bonds. The molecule has 2 rings (SSSR count). The first-order chi connectivity index (χ1) is 11.5. The Hall–Kier alpha value is -2.64. The van der Waals surface area contributed by atoms with Crippen LogP contribution in [0.4, 0.5) is 5.69 Å². The van der Waals surface area contributed by atoms with E-state index in [2.05, 4.69) is 20.8 Å². The van der Waals surface area contributed by atoms with Crippen LogP contribution in [0.3, 0.4) is 0 Å². The minimum Gasteiger partial charge on any atom is -0.350 e. The highest BCUT2D eigenvalue weighted by molar-refractivity contribution is 6.07. The SMILES string of the molecule is CCn1cc(NC(=O)c2ccnn2CC)c(C(=O)NCC(C)C)n1. The van der Waals surface area contributed by atoms with Crippen LogP contribution in [0.2, 0.25) is 0 Å². The van der Waals surface area contributed by atoms with Gasteiger partial charge in [-0.1, -0.05) is 13.8 Å². The monoisotopic (exact) mass is 332 g/mol. The summed E-state index contributed by atoms with van der Waals surface area (Å²) in [5, 5.41) is 13.9. The van der Waals surface area contributed by atoms with Crippen molar-refractivity contribution in [3.63, 3.8) is 0 Å². The second-order valence-corrected chi connectivity index (χ2v) is 5.84. The molecular weight excluding hydrogens is 308 g/mol. The summed E-state index contributed by atoms with van der Waals surface area (Å²) in [5.74, 6) is -0.280. The molecule has 0 aliphatic carbocycles. The Morgan fingerprint density at radius 3 is 2.58 bits per heavy atom. The number of hydrogen-bond acceptors (Lipinski definition) is 4. The summed E-state index contributed by atoms with van der Waals surface area (Å²) in [6.07, 6.45) is 3.24. The number of aromatic nitrogens is 4. The van der Waals surface area contributed by atoms with Gasteiger partial charge < -0.3 is 10.6 Å². The summed E-state index contributed by atoms with van der Waals surface area (Å²) in [6.45, 7) is 9.59. The van der Waals surface area contributed by atoms with Crippen molar-refractivity contribution in [2.45, 2.75) is 40.8 Å². The lowest BCUT2D eigenvalue weighted by atomic mass is 10.2. The largest absolute Gasteiger partial charge is 0.350 e. The van der Waals surface area contributed by atoms with E-state index in [-0.39, 0.29) is 17.5 Å². The molecular formula is C16H24N6O2. The third kappa shape index (κ3) is 4.01. The first-order valence-corrected chi connectivity index (χ1v) is 8.15. The highest BCUT2D eigenvalue weighted by atomic mass is 16.2. The number of nitrogens with one attached hydrogen (secondary N) is 2. The third-order valence-electron chi connectivity index (χ3n) is 3.47. The third-order valence-corrected chi connectivity index (χ3v) is 3.47. The number of nitrogens with zero attached hydrogens (tertiary/aromatic N) is 4. The van der Waals surface area contributed by atoms with Crippen LogP contribution in [-0.4, -0.2) is 37.9 Å². The fraction of sp³-hybridized carbons (Fsp3) is 0.500. The van der Waals surface area contributed by atoms with Gasteiger partial charge in [-0.3, -0.25) is 19.0 Å². The Morgan fingerprint density at radius 1 is 1.21 bits per heavy atom. The van der Waals surface area contributed by atoms with Crippen molar-refractivity contribution in [3.8, 4) is 0 Å². The molecule has 8 heteroatoms. The first-order valence-electron chi connectivity index (χ1n) is 8.15. The number of carbonyl (C=O) groups excluding carboxylic acids is 2. The highest BCUT2D eigenvalue weighted by Crippen LogP contribution is 2.15. The van der Waals surface area contributed by atoms with E-state index in [1.54, 1.807) is 27.8 Å². The van der Waals surface area contributed by atoms with Gasteiger partial charge in [0.25, 0.3) is 11.8 Å². The maximum absolute atomic E-state index is 12.5. The smallest absolute Gasteiger partial charge is 0.274 e. The van der Waals surface area contributed by atoms with Crippen LogP contribution < -0.4 is 10.6 Å². The number of anilines is 1. The van der Waals surface area contributed by atoms with Crippen molar-refractivity contribution in [3.05, 3.63) is 29.8 Å². The lowest BCUT2D eigenvalue weighted by molar-refractivity contribution is 0.0944. The van der Waals surface area contributed by atoms with Gasteiger partial charge in [-0.15, -0.1) is 0 Å². The lowest BCUT2D eigenvalue weighted by Crippen LogP contribution is -2.29. The Morgan fingerprint density at radius 2 is 1.96 bits per heavy atom. The number of carbonyl (C=O) groups is 2. The van der Waals surface area contributed by atoms with E-state index in [1.165, 1.54) is 0 Å². The minimum absolute atomic E-state index is 0.216. The maximum Gasteiger partial charge on any atom is 0.274 e. The van der Waals surface area contributed by atoms with E-state index in [4.69, 9.17) is 0 Å². The van der Waals surface area contributed by atoms with Crippen molar-refractivity contribution >= 4 is 17.5 Å². The van der Waals surface area contributed by atoms with Gasteiger partial charge in [0, 0.05) is 32.0 Å². The molecule has 0 radical (unpaired) electrons. The highest BCUT2D eigenvalue weighted by Gasteiger charge is 2.20. The van der Waals surface area contributed by atoms with Crippen molar-refractivity contribution in [2.75, 3.05) is 11.9 Å². The molecule has 130 valence electrons. The molecule has 8 nitrogen and oxygen atoms in total. The van der Waals surface area contributed by atoms with Gasteiger partial charge in [-0.05, 0) is 25.8 Å². The van der Waals surface area contributed by atoms with Crippen molar-refractivity contribution < 1.29 is 9.59 Å². The van der Waals surface area contributed by atoms with Crippen LogP contribution in [0, 0.1) is 5.92 Å². The van der Waals surface area contributed by atoms with Crippen LogP contribution in [0.25, 0.3) is 0 Å². The summed E-state index contributed by atoms with van der Waals surface area (Å²) >= 11 is 0. The molecule has 0 saturated heterocycles. The Labute approximate surface area is 141 Å². The first kappa shape index (κ1) is 17.7. The number of amides is 2. The topological polar surface area (TPSA) is 93.8 Å². The zero-order valence-corrected chi connectivity index (χ0v) is 14.5. The minimum atomic E-state index is -0.317. The number of rotatable bonds is 7. The number of hydrogen-bond donors (Lipinski definition) is 2. The van der Waals surface area contributed by atoms with Crippen LogP contribution in [0.1, 0.15) is 48.7 Å². The van der Waals surface area contributed by atoms with Gasteiger partial charge in [0.1, 0.15) is 5.69 Å². The van der Waals surface area contributed by atoms with Crippen LogP contribution in [-0.2, 0) is 13.1 Å². The summed E-state index contributed by atoms with van der Waals surface area (Å²) in [7, 11) is 0. The average molecular weight is 332 g/mol. The molecule has 24 heavy (non-hydrogen) atoms. The fourth-order valence-corrected chi connectivity index (χ4v) is 2.19. The van der Waals surface area contributed by atoms with Gasteiger partial charge in [0.05, 0.1) is 5.69 Å². The van der Waals surface area contributed by atoms with E-state index in [0.29, 0.717) is 36.9 Å². The molecule has 0 unspecified atom stereocenters. The summed E-state index contributed by atoms with van der Waals surface area (Å²) < 4.78 is 3.22. The molecule has 2 aromatic heterocycles. The van der Waals surface area contributed by atoms with E-state index < -0.39 is 0 Å². The van der Waals surface area contributed by atoms with Gasteiger partial charge >= 0.3 is 0 Å². The molecule has 0 aromatic carbocycles. The van der Waals surface area contributed by atoms with Gasteiger partial charge in [0.15, 0.2) is 5.69 Å². The fourth-order valence-electron chi connectivity index (χ4n) is 2.19. The molecule has 0 saturated carbocycles. The molecule has 0 spiro atoms. The Kier molecular flexibility index (Phi) is 5.73. The van der Waals surface area contributed by atoms with Crippen molar-refractivity contribution in [1.29, 1.82) is 0 Å². The quantitative estimate of drug-likeness (QED) is 0.808. The van der Waals surface area contributed by atoms with E-state index in [0.717, 1.165) is 0 Å². The Bertz CT molecular complexity index is 716. The molecule has 2 aromatic rings. The normalized spacial score (nSPS) is 10.9. The van der Waals surface area contributed by atoms with E-state index in [1.807, 2.05) is 27.7 Å². The standard InChI is InChI=1S/C16H24N6O2/c1-5-21-10-12(14(20-21)16(24)17-9-11(3)4)19-15(23)13-7-8-18-22(13)6-2/h7-8,10-11H,5-6,9H2,1-4H3,(H,17,24)(H,19,23). The van der Waals surface area contributed by atoms with Gasteiger partial charge in [0.2, 0.25) is 0 Å². The lowest BCUT2D eigenvalue weighted by Gasteiger charge is -2.08. The predicted octanol–water partition coefficient (Wildman–Crippen LogP) is 1.76. The second kappa shape index (κ2) is 7.76. The van der Waals surface area contributed by atoms with Crippen molar-refractivity contribution in [2.24, 2.45) is 5.92 Å². The molecule has 0 aliphatic heterocycles. The molecule has 2 N–H and O–H groups in total. The second-order valence-electron chi connectivity index (χ2n) is 5.84. The molecule has 0 aliphatic rings. The van der Waals surface area contributed by atoms with Gasteiger partial charge in [-0.2, -0.15) is 10.2 Å². The molecule has 0 bridgehead atoms. The summed E-state index contributed by atoms with van der Waals surface area (Å²) in [5.41, 5.74) is 1.05. The van der Waals surface area contributed by atoms with Crippen molar-refractivity contribution in [1.82, 2.24) is 24.9 Å². The summed E-state index contributed by atoms with van der Waals surface area (Å²) in [6, 6.07) is 1.64. The summed E-state index contributed by atoms with van der Waals surface area (Å²) in [4.78, 5) is 24.8. The van der Waals surface area contributed by atoms with Crippen LogP contribution >= 0.6 is 0 Å². The maximum atomic E-state index is 12.5. The average Bonchev–Trinajstić information content (AvgIpc) is 3.18. The zero-order chi connectivity index (χ0) is 17.7. The predicted molar refractivity (Wildman–Crippen MR) is 90.9 cm³/mol. The van der Waals surface area contributed by atoms with E-state index in [9.17, 15) is 9.59 Å². The zero-order valence-electron chi connectivity index (χ0n) is 14.5. The van der Waals surface area contributed by atoms with Gasteiger partial charge in [-0.25, -0.2) is 0 Å². The van der Waals surface area contributed by atoms with Crippen LogP contribution in [0.15, 0.2) is 18.5 Å². The Balaban J connectivity index is 2.21. The van der Waals surface area contributed by atoms with Crippen LogP contribution in [0.5, 0.6) is 0 Å². The molecule has 0 atom stereocenters. The molecule has 0 fully saturated rings. The molecule has 2 heterocycles.